The summed E-state index contributed by atoms with van der Waals surface area (Å²) in [4.78, 5) is 0. The van der Waals surface area contributed by atoms with E-state index < -0.39 is 24.4 Å². The summed E-state index contributed by atoms with van der Waals surface area (Å²) in [5, 5.41) is 27.8. The first-order chi connectivity index (χ1) is 6.69. The average molecular weight is 206 g/mol. The fourth-order valence-corrected chi connectivity index (χ4v) is 1.51. The van der Waals surface area contributed by atoms with Gasteiger partial charge in [-0.2, -0.15) is 0 Å². The first-order valence-corrected chi connectivity index (χ1v) is 4.89. The van der Waals surface area contributed by atoms with Gasteiger partial charge in [0, 0.05) is 13.0 Å². The van der Waals surface area contributed by atoms with Gasteiger partial charge < -0.3 is 24.8 Å². The highest BCUT2D eigenvalue weighted by molar-refractivity contribution is 4.84. The van der Waals surface area contributed by atoms with E-state index in [2.05, 4.69) is 0 Å². The van der Waals surface area contributed by atoms with Crippen LogP contribution < -0.4 is 0 Å². The van der Waals surface area contributed by atoms with Crippen molar-refractivity contribution < 1.29 is 24.8 Å². The molecule has 0 aromatic heterocycles. The van der Waals surface area contributed by atoms with Gasteiger partial charge in [-0.05, 0) is 6.92 Å². The Morgan fingerprint density at radius 1 is 1.29 bits per heavy atom. The zero-order valence-electron chi connectivity index (χ0n) is 8.30. The minimum Gasteiger partial charge on any atom is -0.394 e. The van der Waals surface area contributed by atoms with Crippen LogP contribution in [0, 0.1) is 0 Å². The Morgan fingerprint density at radius 2 is 1.93 bits per heavy atom. The molecule has 5 heteroatoms. The fraction of sp³-hybridized carbons (Fsp3) is 1.00. The summed E-state index contributed by atoms with van der Waals surface area (Å²) in [5.41, 5.74) is 0. The van der Waals surface area contributed by atoms with E-state index in [1.807, 2.05) is 6.92 Å². The molecule has 0 spiro atoms. The highest BCUT2D eigenvalue weighted by Crippen LogP contribution is 2.20. The third-order valence-electron chi connectivity index (χ3n) is 2.36. The summed E-state index contributed by atoms with van der Waals surface area (Å²) in [6.45, 7) is 2.46. The van der Waals surface area contributed by atoms with Crippen LogP contribution in [0.15, 0.2) is 0 Å². The maximum atomic E-state index is 9.53. The first kappa shape index (κ1) is 11.9. The second-order valence-corrected chi connectivity index (χ2v) is 3.43. The van der Waals surface area contributed by atoms with Gasteiger partial charge in [0.1, 0.15) is 12.2 Å². The molecule has 5 nitrogen and oxygen atoms in total. The van der Waals surface area contributed by atoms with E-state index in [4.69, 9.17) is 14.6 Å². The van der Waals surface area contributed by atoms with Gasteiger partial charge >= 0.3 is 0 Å². The molecule has 0 aromatic rings. The van der Waals surface area contributed by atoms with Crippen LogP contribution in [0.25, 0.3) is 0 Å². The van der Waals surface area contributed by atoms with Gasteiger partial charge in [-0.1, -0.05) is 0 Å². The Hall–Kier alpha value is -0.200. The lowest BCUT2D eigenvalue weighted by molar-refractivity contribution is -0.193. The molecule has 0 aromatic carbocycles. The van der Waals surface area contributed by atoms with Crippen molar-refractivity contribution in [2.75, 3.05) is 19.8 Å². The Labute approximate surface area is 83.3 Å². The van der Waals surface area contributed by atoms with Gasteiger partial charge in [-0.3, -0.25) is 0 Å². The molecule has 0 aliphatic carbocycles. The molecule has 1 aliphatic rings. The smallest absolute Gasteiger partial charge is 0.107 e. The standard InChI is InChI=1S/C9H18O5/c1-2-13-5-9-7(12)3-6(11)8(4-10)14-9/h6-12H,2-5H2,1H3. The van der Waals surface area contributed by atoms with Crippen LogP contribution in [0.3, 0.4) is 0 Å². The van der Waals surface area contributed by atoms with E-state index in [1.54, 1.807) is 0 Å². The predicted molar refractivity (Wildman–Crippen MR) is 48.9 cm³/mol. The van der Waals surface area contributed by atoms with Crippen molar-refractivity contribution in [3.63, 3.8) is 0 Å². The summed E-state index contributed by atoms with van der Waals surface area (Å²) in [6, 6.07) is 0. The zero-order chi connectivity index (χ0) is 10.6. The van der Waals surface area contributed by atoms with Crippen molar-refractivity contribution in [3.8, 4) is 0 Å². The van der Waals surface area contributed by atoms with Crippen LogP contribution in [0.1, 0.15) is 13.3 Å². The lowest BCUT2D eigenvalue weighted by atomic mass is 9.99. The second-order valence-electron chi connectivity index (χ2n) is 3.43. The van der Waals surface area contributed by atoms with Crippen LogP contribution in [0.5, 0.6) is 0 Å². The van der Waals surface area contributed by atoms with Gasteiger partial charge in [0.15, 0.2) is 0 Å². The summed E-state index contributed by atoms with van der Waals surface area (Å²) in [5.74, 6) is 0. The minimum absolute atomic E-state index is 0.225. The van der Waals surface area contributed by atoms with E-state index in [1.165, 1.54) is 0 Å². The molecule has 1 aliphatic heterocycles. The number of aliphatic hydroxyl groups is 3. The van der Waals surface area contributed by atoms with Gasteiger partial charge in [-0.15, -0.1) is 0 Å². The second kappa shape index (κ2) is 5.63. The molecule has 3 N–H and O–H groups in total. The Kier molecular flexibility index (Phi) is 4.77. The molecule has 1 heterocycles. The zero-order valence-corrected chi connectivity index (χ0v) is 8.30. The number of ether oxygens (including phenoxy) is 2. The molecule has 0 amide bonds. The molecule has 0 radical (unpaired) electrons. The molecule has 1 rings (SSSR count). The lowest BCUT2D eigenvalue weighted by Crippen LogP contribution is -2.50. The molecule has 14 heavy (non-hydrogen) atoms. The SMILES string of the molecule is CCOCC1OC(CO)C(O)CC1O. The molecule has 1 saturated heterocycles. The molecule has 4 atom stereocenters. The van der Waals surface area contributed by atoms with Gasteiger partial charge in [-0.25, -0.2) is 0 Å². The quantitative estimate of drug-likeness (QED) is 0.544. The summed E-state index contributed by atoms with van der Waals surface area (Å²) in [7, 11) is 0. The maximum Gasteiger partial charge on any atom is 0.107 e. The Morgan fingerprint density at radius 3 is 2.50 bits per heavy atom. The summed E-state index contributed by atoms with van der Waals surface area (Å²) >= 11 is 0. The lowest BCUT2D eigenvalue weighted by Gasteiger charge is -2.36. The largest absolute Gasteiger partial charge is 0.394 e. The van der Waals surface area contributed by atoms with Crippen LogP contribution in [0.4, 0.5) is 0 Å². The van der Waals surface area contributed by atoms with Crippen LogP contribution in [-0.4, -0.2) is 59.6 Å². The van der Waals surface area contributed by atoms with Crippen molar-refractivity contribution in [2.45, 2.75) is 37.8 Å². The van der Waals surface area contributed by atoms with Crippen molar-refractivity contribution in [2.24, 2.45) is 0 Å². The number of rotatable bonds is 4. The molecule has 1 fully saturated rings. The van der Waals surface area contributed by atoms with Crippen molar-refractivity contribution >= 4 is 0 Å². The van der Waals surface area contributed by atoms with Crippen LogP contribution >= 0.6 is 0 Å². The third-order valence-corrected chi connectivity index (χ3v) is 2.36. The Balaban J connectivity index is 2.42. The molecule has 4 unspecified atom stereocenters. The summed E-state index contributed by atoms with van der Waals surface area (Å²) in [6.07, 6.45) is -2.35. The molecule has 84 valence electrons. The van der Waals surface area contributed by atoms with E-state index in [0.29, 0.717) is 13.2 Å². The van der Waals surface area contributed by atoms with E-state index in [9.17, 15) is 10.2 Å². The monoisotopic (exact) mass is 206 g/mol. The van der Waals surface area contributed by atoms with Crippen molar-refractivity contribution in [1.82, 2.24) is 0 Å². The van der Waals surface area contributed by atoms with Crippen molar-refractivity contribution in [1.29, 1.82) is 0 Å². The maximum absolute atomic E-state index is 9.53. The molecular weight excluding hydrogens is 188 g/mol. The predicted octanol–water partition coefficient (Wildman–Crippen LogP) is -1.11. The third kappa shape index (κ3) is 2.90. The van der Waals surface area contributed by atoms with E-state index in [-0.39, 0.29) is 13.0 Å². The highest BCUT2D eigenvalue weighted by atomic mass is 16.6. The number of hydrogen-bond acceptors (Lipinski definition) is 5. The van der Waals surface area contributed by atoms with Gasteiger partial charge in [0.05, 0.1) is 25.4 Å². The van der Waals surface area contributed by atoms with Gasteiger partial charge in [0.25, 0.3) is 0 Å². The van der Waals surface area contributed by atoms with Crippen LogP contribution in [0.2, 0.25) is 0 Å². The van der Waals surface area contributed by atoms with Crippen molar-refractivity contribution in [3.05, 3.63) is 0 Å². The van der Waals surface area contributed by atoms with E-state index in [0.717, 1.165) is 0 Å². The summed E-state index contributed by atoms with van der Waals surface area (Å²) < 4.78 is 10.4. The molecule has 0 bridgehead atoms. The van der Waals surface area contributed by atoms with Crippen LogP contribution in [-0.2, 0) is 9.47 Å². The molecular formula is C9H18O5. The van der Waals surface area contributed by atoms with Gasteiger partial charge in [0.2, 0.25) is 0 Å². The normalized spacial score (nSPS) is 38.6. The number of aliphatic hydroxyl groups excluding tert-OH is 3. The first-order valence-electron chi connectivity index (χ1n) is 4.89. The minimum atomic E-state index is -0.798. The topological polar surface area (TPSA) is 79.2 Å². The highest BCUT2D eigenvalue weighted by Gasteiger charge is 2.35. The Bertz CT molecular complexity index is 163. The number of hydrogen-bond donors (Lipinski definition) is 3. The average Bonchev–Trinajstić information content (AvgIpc) is 2.17. The fourth-order valence-electron chi connectivity index (χ4n) is 1.51. The molecule has 0 saturated carbocycles. The van der Waals surface area contributed by atoms with E-state index >= 15 is 0 Å².